The van der Waals surface area contributed by atoms with Gasteiger partial charge in [0.2, 0.25) is 5.91 Å². The predicted octanol–water partition coefficient (Wildman–Crippen LogP) is 3.10. The number of nitrogens with zero attached hydrogens (tertiary/aromatic N) is 3. The number of aromatic nitrogens is 3. The monoisotopic (exact) mass is 389 g/mol. The van der Waals surface area contributed by atoms with Crippen molar-refractivity contribution in [1.82, 2.24) is 20.1 Å². The normalized spacial score (nSPS) is 17.1. The topological polar surface area (TPSA) is 85.8 Å². The highest BCUT2D eigenvalue weighted by Crippen LogP contribution is 2.33. The molecule has 1 heterocycles. The number of carbonyl (C=O) groups excluding carboxylic acids is 1. The third-order valence-corrected chi connectivity index (χ3v) is 5.40. The number of hydrogen-bond acceptors (Lipinski definition) is 5. The molecule has 1 saturated carbocycles. The second-order valence-electron chi connectivity index (χ2n) is 6.94. The Balaban J connectivity index is 0.00000312. The van der Waals surface area contributed by atoms with Crippen LogP contribution in [0.1, 0.15) is 70.7 Å². The maximum atomic E-state index is 12.1. The van der Waals surface area contributed by atoms with Crippen molar-refractivity contribution in [3.63, 3.8) is 0 Å². The third kappa shape index (κ3) is 5.86. The molecule has 3 N–H and O–H groups in total. The Morgan fingerprint density at radius 2 is 2.08 bits per heavy atom. The van der Waals surface area contributed by atoms with Gasteiger partial charge in [0.15, 0.2) is 5.16 Å². The highest BCUT2D eigenvalue weighted by atomic mass is 35.5. The summed E-state index contributed by atoms with van der Waals surface area (Å²) < 4.78 is 2.32. The number of amides is 1. The van der Waals surface area contributed by atoms with Crippen molar-refractivity contribution in [3.8, 4) is 0 Å². The molecule has 1 amide bonds. The van der Waals surface area contributed by atoms with Gasteiger partial charge in [0.1, 0.15) is 5.82 Å². The van der Waals surface area contributed by atoms with Crippen LogP contribution >= 0.6 is 24.2 Å². The lowest BCUT2D eigenvalue weighted by molar-refractivity contribution is -0.126. The minimum Gasteiger partial charge on any atom is -0.355 e. The first-order valence-corrected chi connectivity index (χ1v) is 10.3. The molecule has 6 nitrogen and oxygen atoms in total. The minimum atomic E-state index is -0.773. The zero-order valence-corrected chi connectivity index (χ0v) is 17.2. The van der Waals surface area contributed by atoms with Gasteiger partial charge in [-0.2, -0.15) is 0 Å². The van der Waals surface area contributed by atoms with Gasteiger partial charge in [-0.25, -0.2) is 0 Å². The first-order valence-electron chi connectivity index (χ1n) is 9.04. The zero-order valence-electron chi connectivity index (χ0n) is 15.6. The number of halogens is 1. The van der Waals surface area contributed by atoms with E-state index in [4.69, 9.17) is 5.73 Å². The number of nitrogens with one attached hydrogen (secondary N) is 1. The number of rotatable bonds is 9. The second-order valence-corrected chi connectivity index (χ2v) is 7.71. The summed E-state index contributed by atoms with van der Waals surface area (Å²) in [5.74, 6) is 0.982. The van der Waals surface area contributed by atoms with Crippen LogP contribution in [0.3, 0.4) is 0 Å². The second kappa shape index (κ2) is 10.4. The van der Waals surface area contributed by atoms with E-state index < -0.39 is 5.54 Å². The van der Waals surface area contributed by atoms with E-state index in [1.807, 2.05) is 6.92 Å². The maximum absolute atomic E-state index is 12.1. The number of carbonyl (C=O) groups is 1. The summed E-state index contributed by atoms with van der Waals surface area (Å²) in [4.78, 5) is 12.1. The largest absolute Gasteiger partial charge is 0.355 e. The number of hydrogen-bond donors (Lipinski definition) is 2. The fraction of sp³-hybridized carbons (Fsp3) is 0.824. The zero-order chi connectivity index (χ0) is 17.6. The van der Waals surface area contributed by atoms with Gasteiger partial charge in [-0.3, -0.25) is 4.79 Å². The molecular formula is C17H32ClN5OS. The van der Waals surface area contributed by atoms with Crippen LogP contribution < -0.4 is 11.1 Å². The van der Waals surface area contributed by atoms with E-state index in [-0.39, 0.29) is 18.3 Å². The molecular weight excluding hydrogens is 358 g/mol. The van der Waals surface area contributed by atoms with Crippen LogP contribution in [0, 0.1) is 0 Å². The summed E-state index contributed by atoms with van der Waals surface area (Å²) in [7, 11) is 0. The average Bonchev–Trinajstić information content (AvgIpc) is 3.19. The molecule has 1 aliphatic carbocycles. The number of thioether (sulfide) groups is 1. The average molecular weight is 390 g/mol. The summed E-state index contributed by atoms with van der Waals surface area (Å²) in [6.45, 7) is 4.46. The van der Waals surface area contributed by atoms with Gasteiger partial charge in [0, 0.05) is 19.0 Å². The van der Waals surface area contributed by atoms with Gasteiger partial charge in [-0.05, 0) is 38.9 Å². The lowest BCUT2D eigenvalue weighted by Gasteiger charge is -2.22. The van der Waals surface area contributed by atoms with Gasteiger partial charge in [0.05, 0.1) is 5.54 Å². The van der Waals surface area contributed by atoms with Crippen LogP contribution in [-0.4, -0.2) is 39.0 Å². The molecule has 0 saturated heterocycles. The lowest BCUT2D eigenvalue weighted by atomic mass is 9.96. The molecule has 0 bridgehead atoms. The van der Waals surface area contributed by atoms with Crippen LogP contribution in [0.25, 0.3) is 0 Å². The summed E-state index contributed by atoms with van der Waals surface area (Å²) >= 11 is 1.66. The van der Waals surface area contributed by atoms with Crippen molar-refractivity contribution >= 4 is 30.1 Å². The van der Waals surface area contributed by atoms with Crippen molar-refractivity contribution in [2.75, 3.05) is 12.8 Å². The molecule has 1 aromatic heterocycles. The molecule has 0 radical (unpaired) electrons. The highest BCUT2D eigenvalue weighted by molar-refractivity contribution is 7.98. The van der Waals surface area contributed by atoms with Crippen LogP contribution in [-0.2, 0) is 11.2 Å². The van der Waals surface area contributed by atoms with Crippen LogP contribution in [0.15, 0.2) is 5.16 Å². The van der Waals surface area contributed by atoms with Crippen LogP contribution in [0.4, 0.5) is 0 Å². The Hall–Kier alpha value is -0.790. The van der Waals surface area contributed by atoms with Gasteiger partial charge in [-0.1, -0.05) is 37.9 Å². The van der Waals surface area contributed by atoms with Crippen LogP contribution in [0.5, 0.6) is 0 Å². The van der Waals surface area contributed by atoms with Crippen molar-refractivity contribution < 1.29 is 4.79 Å². The van der Waals surface area contributed by atoms with Crippen molar-refractivity contribution in [1.29, 1.82) is 0 Å². The van der Waals surface area contributed by atoms with E-state index in [0.29, 0.717) is 19.0 Å². The molecule has 25 heavy (non-hydrogen) atoms. The fourth-order valence-corrected chi connectivity index (χ4v) is 4.00. The Morgan fingerprint density at radius 3 is 2.68 bits per heavy atom. The first kappa shape index (κ1) is 22.3. The molecule has 1 unspecified atom stereocenters. The van der Waals surface area contributed by atoms with E-state index in [9.17, 15) is 4.79 Å². The molecule has 8 heteroatoms. The summed E-state index contributed by atoms with van der Waals surface area (Å²) in [5.41, 5.74) is 5.28. The van der Waals surface area contributed by atoms with Gasteiger partial charge < -0.3 is 15.6 Å². The molecule has 1 fully saturated rings. The smallest absolute Gasteiger partial charge is 0.239 e. The molecule has 0 aromatic carbocycles. The van der Waals surface area contributed by atoms with Gasteiger partial charge in [0.25, 0.3) is 0 Å². The van der Waals surface area contributed by atoms with E-state index in [1.54, 1.807) is 18.7 Å². The summed E-state index contributed by atoms with van der Waals surface area (Å²) in [5, 5.41) is 12.7. The molecule has 1 aliphatic rings. The van der Waals surface area contributed by atoms with Gasteiger partial charge >= 0.3 is 0 Å². The van der Waals surface area contributed by atoms with E-state index in [2.05, 4.69) is 26.3 Å². The Morgan fingerprint density at radius 1 is 1.40 bits per heavy atom. The Kier molecular flexibility index (Phi) is 9.24. The SMILES string of the molecule is CCCC(C)(N)C(=O)NCCCc1nnc(SC)n1C1CCCC1.Cl. The standard InChI is InChI=1S/C17H31N5OS.ClH/c1-4-11-17(2,18)15(23)19-12-7-10-14-20-21-16(24-3)22(14)13-8-5-6-9-13;/h13H,4-12,18H2,1-3H3,(H,19,23);1H. The van der Waals surface area contributed by atoms with E-state index in [0.717, 1.165) is 30.2 Å². The highest BCUT2D eigenvalue weighted by Gasteiger charge is 2.27. The predicted molar refractivity (Wildman–Crippen MR) is 105 cm³/mol. The Bertz CT molecular complexity index is 543. The molecule has 144 valence electrons. The summed E-state index contributed by atoms with van der Waals surface area (Å²) in [6, 6.07) is 0.545. The maximum Gasteiger partial charge on any atom is 0.239 e. The third-order valence-electron chi connectivity index (χ3n) is 4.76. The fourth-order valence-electron chi connectivity index (χ4n) is 3.43. The molecule has 2 rings (SSSR count). The number of aryl methyl sites for hydroxylation is 1. The lowest BCUT2D eigenvalue weighted by Crippen LogP contribution is -2.51. The van der Waals surface area contributed by atoms with E-state index >= 15 is 0 Å². The molecule has 0 spiro atoms. The van der Waals surface area contributed by atoms with Crippen molar-refractivity contribution in [2.24, 2.45) is 5.73 Å². The van der Waals surface area contributed by atoms with Crippen LogP contribution in [0.2, 0.25) is 0 Å². The van der Waals surface area contributed by atoms with Crippen molar-refractivity contribution in [3.05, 3.63) is 5.82 Å². The summed E-state index contributed by atoms with van der Waals surface area (Å²) in [6.07, 6.45) is 10.4. The molecule has 1 aromatic rings. The Labute approximate surface area is 161 Å². The van der Waals surface area contributed by atoms with E-state index in [1.165, 1.54) is 25.7 Å². The quantitative estimate of drug-likeness (QED) is 0.500. The van der Waals surface area contributed by atoms with Crippen molar-refractivity contribution in [2.45, 2.75) is 82.0 Å². The van der Waals surface area contributed by atoms with Gasteiger partial charge in [-0.15, -0.1) is 22.6 Å². The molecule has 0 aliphatic heterocycles. The molecule has 1 atom stereocenters. The number of nitrogens with two attached hydrogens (primary N) is 1. The first-order chi connectivity index (χ1) is 11.5. The minimum absolute atomic E-state index is 0.